The molecule has 5 rings (SSSR count). The van der Waals surface area contributed by atoms with Crippen LogP contribution in [0, 0.1) is 5.92 Å². The predicted octanol–water partition coefficient (Wildman–Crippen LogP) is 2.62. The van der Waals surface area contributed by atoms with Crippen molar-refractivity contribution in [3.05, 3.63) is 71.6 Å². The van der Waals surface area contributed by atoms with Crippen molar-refractivity contribution in [3.8, 4) is 5.82 Å². The van der Waals surface area contributed by atoms with Gasteiger partial charge in [0, 0.05) is 36.9 Å². The van der Waals surface area contributed by atoms with Crippen molar-refractivity contribution in [2.75, 3.05) is 23.3 Å². The van der Waals surface area contributed by atoms with Crippen molar-refractivity contribution in [1.29, 1.82) is 0 Å². The highest BCUT2D eigenvalue weighted by molar-refractivity contribution is 5.94. The summed E-state index contributed by atoms with van der Waals surface area (Å²) in [7, 11) is 0. The summed E-state index contributed by atoms with van der Waals surface area (Å²) in [6.07, 6.45) is 6.57. The van der Waals surface area contributed by atoms with E-state index in [0.717, 1.165) is 30.6 Å². The molecule has 0 bridgehead atoms. The van der Waals surface area contributed by atoms with Gasteiger partial charge in [0.1, 0.15) is 23.4 Å². The molecule has 1 atom stereocenters. The molecule has 1 fully saturated rings. The molecular weight excluding hydrogens is 396 g/mol. The van der Waals surface area contributed by atoms with Crippen LogP contribution in [0.3, 0.4) is 0 Å². The number of anilines is 2. The zero-order chi connectivity index (χ0) is 21.2. The van der Waals surface area contributed by atoms with Crippen LogP contribution in [0.4, 0.5) is 11.5 Å². The molecule has 1 amide bonds. The standard InChI is InChI=1S/C22H20N6O3/c29-21(26-17-11-15-5-1-2-7-18(15)31-22(17)30)16-6-3-9-27(13-16)19-12-20(24-14-23-19)28-10-4-8-25-28/h1-2,4-5,7-8,10-12,14,16H,3,6,9,13H2,(H,26,29). The number of carbonyl (C=O) groups is 1. The minimum Gasteiger partial charge on any atom is -0.421 e. The summed E-state index contributed by atoms with van der Waals surface area (Å²) in [5.41, 5.74) is 0.0919. The molecule has 1 aliphatic heterocycles. The Morgan fingerprint density at radius 2 is 2.00 bits per heavy atom. The summed E-state index contributed by atoms with van der Waals surface area (Å²) in [5.74, 6) is 0.926. The van der Waals surface area contributed by atoms with Crippen LogP contribution in [-0.2, 0) is 4.79 Å². The first-order valence-corrected chi connectivity index (χ1v) is 10.1. The topological polar surface area (TPSA) is 106 Å². The second kappa shape index (κ2) is 8.02. The van der Waals surface area contributed by atoms with E-state index in [4.69, 9.17) is 4.42 Å². The summed E-state index contributed by atoms with van der Waals surface area (Å²) in [6.45, 7) is 1.29. The number of carbonyl (C=O) groups excluding carboxylic acids is 1. The van der Waals surface area contributed by atoms with Gasteiger partial charge in [0.25, 0.3) is 0 Å². The monoisotopic (exact) mass is 416 g/mol. The van der Waals surface area contributed by atoms with Crippen LogP contribution >= 0.6 is 0 Å². The fourth-order valence-electron chi connectivity index (χ4n) is 3.82. The van der Waals surface area contributed by atoms with Crippen molar-refractivity contribution < 1.29 is 9.21 Å². The van der Waals surface area contributed by atoms with Gasteiger partial charge in [-0.25, -0.2) is 19.4 Å². The van der Waals surface area contributed by atoms with Crippen LogP contribution < -0.4 is 15.8 Å². The van der Waals surface area contributed by atoms with Crippen LogP contribution in [0.1, 0.15) is 12.8 Å². The van der Waals surface area contributed by atoms with E-state index in [1.165, 1.54) is 6.33 Å². The van der Waals surface area contributed by atoms with Crippen LogP contribution in [0.5, 0.6) is 0 Å². The van der Waals surface area contributed by atoms with E-state index >= 15 is 0 Å². The molecule has 1 aromatic carbocycles. The van der Waals surface area contributed by atoms with E-state index in [1.54, 1.807) is 29.1 Å². The molecule has 156 valence electrons. The van der Waals surface area contributed by atoms with Gasteiger partial charge in [0.2, 0.25) is 5.91 Å². The van der Waals surface area contributed by atoms with Gasteiger partial charge in [0.15, 0.2) is 5.82 Å². The van der Waals surface area contributed by atoms with Crippen LogP contribution in [-0.4, -0.2) is 38.7 Å². The number of nitrogens with zero attached hydrogens (tertiary/aromatic N) is 5. The summed E-state index contributed by atoms with van der Waals surface area (Å²) >= 11 is 0. The van der Waals surface area contributed by atoms with E-state index in [1.807, 2.05) is 30.5 Å². The predicted molar refractivity (Wildman–Crippen MR) is 115 cm³/mol. The molecule has 0 radical (unpaired) electrons. The Labute approximate surface area is 177 Å². The highest BCUT2D eigenvalue weighted by atomic mass is 16.4. The Balaban J connectivity index is 1.33. The third kappa shape index (κ3) is 3.89. The molecule has 4 aromatic rings. The number of hydrogen-bond donors (Lipinski definition) is 1. The Hall–Kier alpha value is -4.01. The number of hydrogen-bond acceptors (Lipinski definition) is 7. The molecule has 0 aliphatic carbocycles. The number of fused-ring (bicyclic) bond motifs is 1. The molecule has 9 heteroatoms. The van der Waals surface area contributed by atoms with Crippen LogP contribution in [0.15, 0.2) is 70.4 Å². The van der Waals surface area contributed by atoms with Gasteiger partial charge in [0.05, 0.1) is 5.92 Å². The highest BCUT2D eigenvalue weighted by Gasteiger charge is 2.27. The summed E-state index contributed by atoms with van der Waals surface area (Å²) in [4.78, 5) is 35.9. The maximum absolute atomic E-state index is 12.9. The number of nitrogens with one attached hydrogen (secondary N) is 1. The SMILES string of the molecule is O=C(Nc1cc2ccccc2oc1=O)C1CCCN(c2cc(-n3cccn3)ncn2)C1. The maximum atomic E-state index is 12.9. The summed E-state index contributed by atoms with van der Waals surface area (Å²) in [5, 5.41) is 7.72. The smallest absolute Gasteiger partial charge is 0.360 e. The van der Waals surface area contributed by atoms with E-state index < -0.39 is 5.63 Å². The zero-order valence-corrected chi connectivity index (χ0v) is 16.6. The lowest BCUT2D eigenvalue weighted by Gasteiger charge is -2.32. The van der Waals surface area contributed by atoms with Gasteiger partial charge in [-0.2, -0.15) is 5.10 Å². The summed E-state index contributed by atoms with van der Waals surface area (Å²) < 4.78 is 6.98. The first-order chi connectivity index (χ1) is 15.2. The lowest BCUT2D eigenvalue weighted by molar-refractivity contribution is -0.120. The number of para-hydroxylation sites is 1. The first kappa shape index (κ1) is 19.0. The number of benzene rings is 1. The number of amides is 1. The lowest BCUT2D eigenvalue weighted by atomic mass is 9.97. The lowest BCUT2D eigenvalue weighted by Crippen LogP contribution is -2.41. The van der Waals surface area contributed by atoms with Gasteiger partial charge >= 0.3 is 5.63 Å². The molecule has 31 heavy (non-hydrogen) atoms. The fraction of sp³-hybridized carbons (Fsp3) is 0.227. The molecule has 9 nitrogen and oxygen atoms in total. The van der Waals surface area contributed by atoms with Crippen molar-refractivity contribution in [2.24, 2.45) is 5.92 Å². The zero-order valence-electron chi connectivity index (χ0n) is 16.6. The van der Waals surface area contributed by atoms with E-state index in [0.29, 0.717) is 17.9 Å². The number of rotatable bonds is 4. The Bertz CT molecular complexity index is 1280. The minimum atomic E-state index is -0.556. The first-order valence-electron chi connectivity index (χ1n) is 10.1. The molecule has 1 N–H and O–H groups in total. The van der Waals surface area contributed by atoms with Crippen LogP contribution in [0.2, 0.25) is 0 Å². The van der Waals surface area contributed by atoms with Gasteiger partial charge in [-0.15, -0.1) is 0 Å². The molecule has 1 aliphatic rings. The largest absolute Gasteiger partial charge is 0.421 e. The Morgan fingerprint density at radius 3 is 2.87 bits per heavy atom. The minimum absolute atomic E-state index is 0.156. The Kier molecular flexibility index (Phi) is 4.91. The molecule has 0 saturated carbocycles. The number of aromatic nitrogens is 4. The molecular formula is C22H20N6O3. The third-order valence-electron chi connectivity index (χ3n) is 5.39. The molecule has 0 spiro atoms. The second-order valence-corrected chi connectivity index (χ2v) is 7.44. The maximum Gasteiger partial charge on any atom is 0.360 e. The van der Waals surface area contributed by atoms with Crippen molar-refractivity contribution >= 4 is 28.4 Å². The average Bonchev–Trinajstić information content (AvgIpc) is 3.35. The quantitative estimate of drug-likeness (QED) is 0.510. The summed E-state index contributed by atoms with van der Waals surface area (Å²) in [6, 6.07) is 12.5. The second-order valence-electron chi connectivity index (χ2n) is 7.44. The van der Waals surface area contributed by atoms with Gasteiger partial charge in [-0.3, -0.25) is 4.79 Å². The van der Waals surface area contributed by atoms with Crippen LogP contribution in [0.25, 0.3) is 16.8 Å². The third-order valence-corrected chi connectivity index (χ3v) is 5.39. The van der Waals surface area contributed by atoms with E-state index in [-0.39, 0.29) is 17.5 Å². The van der Waals surface area contributed by atoms with E-state index in [2.05, 4.69) is 25.3 Å². The number of piperidine rings is 1. The Morgan fingerprint density at radius 1 is 1.13 bits per heavy atom. The highest BCUT2D eigenvalue weighted by Crippen LogP contribution is 2.24. The molecule has 4 heterocycles. The molecule has 1 unspecified atom stereocenters. The van der Waals surface area contributed by atoms with Gasteiger partial charge < -0.3 is 14.6 Å². The normalized spacial score (nSPS) is 16.4. The fourth-order valence-corrected chi connectivity index (χ4v) is 3.82. The molecule has 3 aromatic heterocycles. The van der Waals surface area contributed by atoms with Gasteiger partial charge in [-0.1, -0.05) is 18.2 Å². The average molecular weight is 416 g/mol. The van der Waals surface area contributed by atoms with Crippen molar-refractivity contribution in [2.45, 2.75) is 12.8 Å². The molecule has 1 saturated heterocycles. The van der Waals surface area contributed by atoms with Crippen molar-refractivity contribution in [3.63, 3.8) is 0 Å². The van der Waals surface area contributed by atoms with E-state index in [9.17, 15) is 9.59 Å². The van der Waals surface area contributed by atoms with Gasteiger partial charge in [-0.05, 0) is 31.0 Å². The van der Waals surface area contributed by atoms with Crippen molar-refractivity contribution in [1.82, 2.24) is 19.7 Å².